The maximum absolute atomic E-state index is 16.3. The number of ether oxygens (including phenoxy) is 4. The van der Waals surface area contributed by atoms with Crippen molar-refractivity contribution in [2.45, 2.75) is 76.3 Å². The van der Waals surface area contributed by atoms with Gasteiger partial charge < -0.3 is 38.7 Å². The van der Waals surface area contributed by atoms with Gasteiger partial charge in [-0.1, -0.05) is 0 Å². The highest BCUT2D eigenvalue weighted by atomic mass is 16.5. The Hall–Kier alpha value is -6.97. The quantitative estimate of drug-likeness (QED) is 0.0840. The molecule has 4 aliphatic heterocycles. The lowest BCUT2D eigenvalue weighted by atomic mass is 9.81. The van der Waals surface area contributed by atoms with Crippen LogP contribution in [-0.2, 0) is 4.79 Å². The molecule has 0 bridgehead atoms. The van der Waals surface area contributed by atoms with Gasteiger partial charge in [-0.05, 0) is 162 Å². The summed E-state index contributed by atoms with van der Waals surface area (Å²) in [5, 5.41) is 4.52. The summed E-state index contributed by atoms with van der Waals surface area (Å²) in [7, 11) is 3.38. The fourth-order valence-corrected chi connectivity index (χ4v) is 13.2. The molecule has 0 saturated carbocycles. The lowest BCUT2D eigenvalue weighted by Gasteiger charge is -2.45. The van der Waals surface area contributed by atoms with Crippen LogP contribution in [0.2, 0.25) is 0 Å². The van der Waals surface area contributed by atoms with Crippen molar-refractivity contribution in [3.05, 3.63) is 110 Å². The van der Waals surface area contributed by atoms with Gasteiger partial charge in [-0.3, -0.25) is 24.6 Å². The van der Waals surface area contributed by atoms with Gasteiger partial charge in [0.15, 0.2) is 5.78 Å². The van der Waals surface area contributed by atoms with Gasteiger partial charge in [0.1, 0.15) is 34.3 Å². The summed E-state index contributed by atoms with van der Waals surface area (Å²) < 4.78 is 23.8. The van der Waals surface area contributed by atoms with Crippen LogP contribution in [0, 0.1) is 23.7 Å². The molecule has 6 aromatic heterocycles. The molecule has 15 heteroatoms. The number of carbonyl (C=O) groups excluding carboxylic acids is 1. The number of carbonyl (C=O) groups is 1. The molecule has 4 fully saturated rings. The van der Waals surface area contributed by atoms with E-state index in [-0.39, 0.29) is 12.1 Å². The Kier molecular flexibility index (Phi) is 14.9. The number of fused-ring (bicyclic) bond motifs is 6. The van der Waals surface area contributed by atoms with E-state index in [1.54, 1.807) is 14.2 Å². The van der Waals surface area contributed by atoms with Crippen LogP contribution in [0.1, 0.15) is 64.2 Å². The molecule has 4 aliphatic rings. The number of likely N-dealkylation sites (tertiary alicyclic amines) is 2. The molecule has 0 amide bonds. The predicted molar refractivity (Wildman–Crippen MR) is 300 cm³/mol. The number of benzene rings is 2. The number of hydrogen-bond acceptors (Lipinski definition) is 13. The van der Waals surface area contributed by atoms with Gasteiger partial charge in [0.2, 0.25) is 0 Å². The molecular weight excluding hydrogens is 953 g/mol. The summed E-state index contributed by atoms with van der Waals surface area (Å²) in [5.41, 5.74) is 6.03. The number of nitrogens with one attached hydrogen (secondary N) is 2. The number of Topliss-reactive ketones (excluding diaryl/α,β-unsaturated/α-hetero) is 1. The Morgan fingerprint density at radius 2 is 0.947 bits per heavy atom. The summed E-state index contributed by atoms with van der Waals surface area (Å²) in [6.45, 7) is 8.51. The van der Waals surface area contributed by atoms with Crippen LogP contribution in [0.4, 0.5) is 11.4 Å². The van der Waals surface area contributed by atoms with Gasteiger partial charge in [0, 0.05) is 109 Å². The molecule has 0 spiro atoms. The molecule has 396 valence electrons. The Bertz CT molecular complexity index is 3010. The van der Waals surface area contributed by atoms with Crippen molar-refractivity contribution in [2.24, 2.45) is 23.7 Å². The van der Waals surface area contributed by atoms with Crippen molar-refractivity contribution in [3.63, 3.8) is 0 Å². The van der Waals surface area contributed by atoms with Crippen molar-refractivity contribution in [1.82, 2.24) is 39.7 Å². The highest BCUT2D eigenvalue weighted by Crippen LogP contribution is 2.39. The number of ketones is 1. The molecule has 15 nitrogen and oxygen atoms in total. The smallest absolute Gasteiger partial charge is 0.167 e. The third-order valence-electron chi connectivity index (χ3n) is 17.3. The molecule has 4 unspecified atom stereocenters. The molecule has 10 heterocycles. The van der Waals surface area contributed by atoms with E-state index in [2.05, 4.69) is 63.8 Å². The zero-order valence-corrected chi connectivity index (χ0v) is 44.1. The van der Waals surface area contributed by atoms with Gasteiger partial charge in [-0.15, -0.1) is 0 Å². The second-order valence-corrected chi connectivity index (χ2v) is 21.9. The average Bonchev–Trinajstić information content (AvgIpc) is 4.22. The van der Waals surface area contributed by atoms with Crippen LogP contribution in [0.5, 0.6) is 23.0 Å². The second kappa shape index (κ2) is 22.7. The Morgan fingerprint density at radius 1 is 0.526 bits per heavy atom. The minimum atomic E-state index is -0.186. The molecule has 12 rings (SSSR count). The number of pyridine rings is 4. The second-order valence-electron chi connectivity index (χ2n) is 21.9. The highest BCUT2D eigenvalue weighted by molar-refractivity contribution is 6.11. The monoisotopic (exact) mass is 1020 g/mol. The van der Waals surface area contributed by atoms with E-state index in [9.17, 15) is 0 Å². The Morgan fingerprint density at radius 3 is 1.37 bits per heavy atom. The van der Waals surface area contributed by atoms with Crippen molar-refractivity contribution in [2.75, 3.05) is 89.6 Å². The first-order chi connectivity index (χ1) is 37.4. The van der Waals surface area contributed by atoms with Crippen molar-refractivity contribution >= 4 is 61.0 Å². The summed E-state index contributed by atoms with van der Waals surface area (Å²) in [6.07, 6.45) is 21.6. The molecule has 0 aliphatic carbocycles. The minimum Gasteiger partial charge on any atom is -0.497 e. The normalized spacial score (nSPS) is 20.3. The maximum Gasteiger partial charge on any atom is 0.167 e. The van der Waals surface area contributed by atoms with Gasteiger partial charge in [0.05, 0.1) is 62.9 Å². The SMILES string of the molecule is COc1ccc(OCC2CCCN(C(CC3CCN(c4ccnc5cnc6[nH]ccc6c45)CC3)C(=O)C(CC3CCN(c4ccnc5cnc6[nH]ccc6c45)CC3)N3CCCC(COc4ccc(OC)cc4)C3)C2)cc1. The summed E-state index contributed by atoms with van der Waals surface area (Å²) in [4.78, 5) is 51.9. The van der Waals surface area contributed by atoms with E-state index < -0.39 is 0 Å². The zero-order valence-electron chi connectivity index (χ0n) is 44.1. The van der Waals surface area contributed by atoms with E-state index in [1.165, 1.54) is 11.4 Å². The van der Waals surface area contributed by atoms with Crippen LogP contribution in [0.3, 0.4) is 0 Å². The van der Waals surface area contributed by atoms with E-state index >= 15 is 4.79 Å². The maximum atomic E-state index is 16.3. The standard InChI is InChI=1S/C61H72N10O5/c1-73-45-7-11-47(12-8-45)75-39-43-5-3-27-70(37-43)55(33-41-19-29-68(30-20-41)53-17-25-62-51-35-66-60-49(57(51)53)15-23-64-60)59(72)56(71-28-4-6-44(38-71)40-76-48-13-9-46(74-2)10-14-48)34-42-21-31-69(32-22-42)54-18-26-63-52-36-67-61-50(58(52)54)16-24-65-61/h7-18,23-26,35-36,41-44,55-56H,3-6,19-22,27-34,37-40H2,1-2H3,(H,64,66)(H,65,67). The first-order valence-corrected chi connectivity index (χ1v) is 27.9. The predicted octanol–water partition coefficient (Wildman–Crippen LogP) is 10.4. The van der Waals surface area contributed by atoms with Gasteiger partial charge in [0.25, 0.3) is 0 Å². The van der Waals surface area contributed by atoms with E-state index in [0.29, 0.717) is 42.7 Å². The first kappa shape index (κ1) is 49.9. The van der Waals surface area contributed by atoms with Crippen LogP contribution in [0.15, 0.2) is 110 Å². The van der Waals surface area contributed by atoms with Crippen LogP contribution < -0.4 is 28.7 Å². The number of nitrogens with zero attached hydrogens (tertiary/aromatic N) is 8. The number of methoxy groups -OCH3 is 2. The molecule has 2 aromatic carbocycles. The summed E-state index contributed by atoms with van der Waals surface area (Å²) >= 11 is 0. The zero-order chi connectivity index (χ0) is 51.4. The minimum absolute atomic E-state index is 0.186. The van der Waals surface area contributed by atoms with Crippen LogP contribution >= 0.6 is 0 Å². The van der Waals surface area contributed by atoms with Gasteiger partial charge in [-0.25, -0.2) is 9.97 Å². The van der Waals surface area contributed by atoms with E-state index in [0.717, 1.165) is 183 Å². The average molecular weight is 1030 g/mol. The van der Waals surface area contributed by atoms with Gasteiger partial charge >= 0.3 is 0 Å². The third-order valence-corrected chi connectivity index (χ3v) is 17.3. The Balaban J connectivity index is 0.808. The number of rotatable bonds is 18. The molecular formula is C61H72N10O5. The first-order valence-electron chi connectivity index (χ1n) is 27.9. The fraction of sp³-hybridized carbons (Fsp3) is 0.459. The third kappa shape index (κ3) is 10.7. The number of aromatic amines is 2. The van der Waals surface area contributed by atoms with E-state index in [1.807, 2.05) is 85.7 Å². The summed E-state index contributed by atoms with van der Waals surface area (Å²) in [6, 6.07) is 24.0. The number of H-pyrrole nitrogens is 2. The lowest BCUT2D eigenvalue weighted by molar-refractivity contribution is -0.133. The molecule has 2 N–H and O–H groups in total. The van der Waals surface area contributed by atoms with Crippen molar-refractivity contribution in [3.8, 4) is 23.0 Å². The largest absolute Gasteiger partial charge is 0.497 e. The molecule has 4 atom stereocenters. The number of piperidine rings is 4. The molecule has 0 radical (unpaired) electrons. The van der Waals surface area contributed by atoms with Gasteiger partial charge in [-0.2, -0.15) is 0 Å². The topological polar surface area (TPSA) is 150 Å². The Labute approximate surface area is 445 Å². The van der Waals surface area contributed by atoms with Crippen molar-refractivity contribution < 1.29 is 23.7 Å². The van der Waals surface area contributed by atoms with E-state index in [4.69, 9.17) is 28.9 Å². The molecule has 4 saturated heterocycles. The number of aromatic nitrogens is 6. The molecule has 76 heavy (non-hydrogen) atoms. The van der Waals surface area contributed by atoms with Crippen molar-refractivity contribution in [1.29, 1.82) is 0 Å². The molecule has 8 aromatic rings. The summed E-state index contributed by atoms with van der Waals surface area (Å²) in [5.74, 6) is 5.21. The van der Waals surface area contributed by atoms with Crippen LogP contribution in [0.25, 0.3) is 43.9 Å². The highest BCUT2D eigenvalue weighted by Gasteiger charge is 2.41. The number of hydrogen-bond donors (Lipinski definition) is 2. The number of anilines is 2. The lowest BCUT2D eigenvalue weighted by Crippen LogP contribution is -2.57. The fourth-order valence-electron chi connectivity index (χ4n) is 13.2. The van der Waals surface area contributed by atoms with Crippen LogP contribution in [-0.4, -0.2) is 137 Å².